The van der Waals surface area contributed by atoms with Gasteiger partial charge in [-0.15, -0.1) is 4.91 Å². The summed E-state index contributed by atoms with van der Waals surface area (Å²) in [5.41, 5.74) is 1.85. The van der Waals surface area contributed by atoms with E-state index in [1.54, 1.807) is 4.57 Å². The summed E-state index contributed by atoms with van der Waals surface area (Å²) < 4.78 is 13.1. The van der Waals surface area contributed by atoms with Crippen LogP contribution < -0.4 is 14.9 Å². The van der Waals surface area contributed by atoms with Gasteiger partial charge in [0.25, 0.3) is 0 Å². The second-order valence-electron chi connectivity index (χ2n) is 5.60. The maximum atomic E-state index is 12.2. The molecule has 7 heteroatoms. The molecule has 0 atom stereocenters. The Balaban J connectivity index is 2.16. The zero-order valence-corrected chi connectivity index (χ0v) is 14.1. The summed E-state index contributed by atoms with van der Waals surface area (Å²) in [6.45, 7) is 5.39. The lowest BCUT2D eigenvalue weighted by atomic mass is 9.96. The Morgan fingerprint density at radius 2 is 1.84 bits per heavy atom. The molecule has 0 bridgehead atoms. The van der Waals surface area contributed by atoms with Crippen LogP contribution in [0.1, 0.15) is 29.8 Å². The highest BCUT2D eigenvalue weighted by atomic mass is 16.5. The molecule has 1 aromatic heterocycles. The van der Waals surface area contributed by atoms with Gasteiger partial charge < -0.3 is 14.0 Å². The molecule has 1 aliphatic rings. The fourth-order valence-electron chi connectivity index (χ4n) is 3.03. The van der Waals surface area contributed by atoms with Crippen molar-refractivity contribution in [3.05, 3.63) is 50.7 Å². The number of aryl methyl sites for hydroxylation is 2. The van der Waals surface area contributed by atoms with E-state index in [2.05, 4.69) is 5.18 Å². The molecule has 0 N–H and O–H groups in total. The number of fused-ring (bicyclic) bond motifs is 3. The van der Waals surface area contributed by atoms with Gasteiger partial charge in [-0.3, -0.25) is 9.59 Å². The van der Waals surface area contributed by atoms with Crippen LogP contribution in [0.4, 0.5) is 0 Å². The van der Waals surface area contributed by atoms with Crippen molar-refractivity contribution in [2.24, 2.45) is 5.18 Å². The molecule has 7 nitrogen and oxygen atoms in total. The summed E-state index contributed by atoms with van der Waals surface area (Å²) in [6, 6.07) is 5.16. The molecule has 0 fully saturated rings. The number of hydrogen-bond donors (Lipinski definition) is 0. The number of aromatic nitrogens is 1. The lowest BCUT2D eigenvalue weighted by Crippen LogP contribution is -2.21. The molecule has 25 heavy (non-hydrogen) atoms. The fourth-order valence-corrected chi connectivity index (χ4v) is 3.03. The number of benzene rings is 1. The monoisotopic (exact) mass is 342 g/mol. The third-order valence-electron chi connectivity index (χ3n) is 4.11. The summed E-state index contributed by atoms with van der Waals surface area (Å²) in [5, 5.41) is 2.34. The van der Waals surface area contributed by atoms with Gasteiger partial charge in [0, 0.05) is 29.5 Å². The third kappa shape index (κ3) is 3.05. The number of pyridine rings is 1. The normalized spacial score (nSPS) is 12.1. The van der Waals surface area contributed by atoms with Crippen molar-refractivity contribution in [1.29, 1.82) is 0 Å². The Kier molecular flexibility index (Phi) is 4.65. The molecular weight excluding hydrogens is 324 g/mol. The Morgan fingerprint density at radius 3 is 2.48 bits per heavy atom. The minimum Gasteiger partial charge on any atom is -0.490 e. The largest absolute Gasteiger partial charge is 0.490 e. The quantitative estimate of drug-likeness (QED) is 0.780. The van der Waals surface area contributed by atoms with E-state index in [9.17, 15) is 14.5 Å². The van der Waals surface area contributed by atoms with E-state index < -0.39 is 11.3 Å². The molecule has 0 radical (unpaired) electrons. The van der Waals surface area contributed by atoms with Crippen molar-refractivity contribution in [3.63, 3.8) is 0 Å². The van der Waals surface area contributed by atoms with Crippen molar-refractivity contribution in [3.8, 4) is 22.8 Å². The highest BCUT2D eigenvalue weighted by Gasteiger charge is 2.22. The van der Waals surface area contributed by atoms with Gasteiger partial charge in [-0.05, 0) is 38.0 Å². The van der Waals surface area contributed by atoms with Crippen molar-refractivity contribution in [2.45, 2.75) is 26.8 Å². The number of carbonyl (C=O) groups excluding carboxylic acids is 1. The first-order chi connectivity index (χ1) is 12.1. The van der Waals surface area contributed by atoms with Crippen molar-refractivity contribution in [1.82, 2.24) is 4.57 Å². The summed E-state index contributed by atoms with van der Waals surface area (Å²) in [7, 11) is 0. The average Bonchev–Trinajstić information content (AvgIpc) is 2.61. The Bertz CT molecular complexity index is 901. The first-order valence-electron chi connectivity index (χ1n) is 8.14. The van der Waals surface area contributed by atoms with Gasteiger partial charge in [0.15, 0.2) is 16.9 Å². The minimum atomic E-state index is -1.05. The molecule has 2 heterocycles. The van der Waals surface area contributed by atoms with Crippen LogP contribution in [0.5, 0.6) is 11.5 Å². The SMILES string of the molecule is CCOc1cc2c(cc1OCC)-c1cc(=O)c(C(=O)N=O)cn1CC2. The van der Waals surface area contributed by atoms with E-state index >= 15 is 0 Å². The summed E-state index contributed by atoms with van der Waals surface area (Å²) in [5.74, 6) is 0.238. The number of nitrogens with zero attached hydrogens (tertiary/aromatic N) is 2. The number of rotatable bonds is 5. The molecule has 0 unspecified atom stereocenters. The molecule has 1 aromatic carbocycles. The Hall–Kier alpha value is -2.96. The number of hydrogen-bond acceptors (Lipinski definition) is 5. The van der Waals surface area contributed by atoms with E-state index in [0.717, 1.165) is 11.1 Å². The van der Waals surface area contributed by atoms with Gasteiger partial charge in [0.2, 0.25) is 0 Å². The summed E-state index contributed by atoms with van der Waals surface area (Å²) >= 11 is 0. The lowest BCUT2D eigenvalue weighted by Gasteiger charge is -2.24. The Morgan fingerprint density at radius 1 is 1.16 bits per heavy atom. The molecule has 3 rings (SSSR count). The molecule has 0 aliphatic carbocycles. The first-order valence-corrected chi connectivity index (χ1v) is 8.14. The van der Waals surface area contributed by atoms with Crippen molar-refractivity contribution >= 4 is 5.91 Å². The predicted octanol–water partition coefficient (Wildman–Crippen LogP) is 2.78. The molecular formula is C18H18N2O5. The molecule has 0 saturated heterocycles. The summed E-state index contributed by atoms with van der Waals surface area (Å²) in [4.78, 5) is 34.1. The van der Waals surface area contributed by atoms with E-state index in [0.29, 0.717) is 43.4 Å². The van der Waals surface area contributed by atoms with Crippen LogP contribution in [-0.2, 0) is 13.0 Å². The maximum absolute atomic E-state index is 12.2. The average molecular weight is 342 g/mol. The van der Waals surface area contributed by atoms with E-state index in [4.69, 9.17) is 9.47 Å². The Labute approximate surface area is 144 Å². The molecule has 0 spiro atoms. The molecule has 2 aromatic rings. The van der Waals surface area contributed by atoms with E-state index in [1.807, 2.05) is 26.0 Å². The topological polar surface area (TPSA) is 87.0 Å². The van der Waals surface area contributed by atoms with Crippen LogP contribution in [-0.4, -0.2) is 23.7 Å². The van der Waals surface area contributed by atoms with E-state index in [-0.39, 0.29) is 5.56 Å². The first kappa shape index (κ1) is 16.9. The van der Waals surface area contributed by atoms with Crippen LogP contribution in [0.3, 0.4) is 0 Å². The van der Waals surface area contributed by atoms with E-state index in [1.165, 1.54) is 12.3 Å². The van der Waals surface area contributed by atoms with Gasteiger partial charge in [0.1, 0.15) is 5.56 Å². The number of amides is 1. The fraction of sp³-hybridized carbons (Fsp3) is 0.333. The van der Waals surface area contributed by atoms with Crippen LogP contribution in [0.15, 0.2) is 34.4 Å². The van der Waals surface area contributed by atoms with Gasteiger partial charge in [-0.25, -0.2) is 0 Å². The third-order valence-corrected chi connectivity index (χ3v) is 4.11. The second-order valence-corrected chi connectivity index (χ2v) is 5.60. The highest BCUT2D eigenvalue weighted by molar-refractivity contribution is 5.94. The van der Waals surface area contributed by atoms with Crippen LogP contribution in [0, 0.1) is 4.91 Å². The van der Waals surface area contributed by atoms with Gasteiger partial charge >= 0.3 is 5.91 Å². The van der Waals surface area contributed by atoms with Gasteiger partial charge in [-0.2, -0.15) is 0 Å². The number of ether oxygens (including phenoxy) is 2. The van der Waals surface area contributed by atoms with Crippen molar-refractivity contribution in [2.75, 3.05) is 13.2 Å². The second kappa shape index (κ2) is 6.88. The van der Waals surface area contributed by atoms with Crippen molar-refractivity contribution < 1.29 is 14.3 Å². The molecule has 0 saturated carbocycles. The standard InChI is InChI=1S/C18H18N2O5/c1-3-24-16-7-11-5-6-20-10-13(18(22)19-23)15(21)9-14(20)12(11)8-17(16)25-4-2/h7-10H,3-6H2,1-2H3. The molecule has 130 valence electrons. The number of nitroso groups, excluding NO2 is 1. The van der Waals surface area contributed by atoms with Gasteiger partial charge in [-0.1, -0.05) is 0 Å². The zero-order valence-electron chi connectivity index (χ0n) is 14.1. The maximum Gasteiger partial charge on any atom is 0.322 e. The van der Waals surface area contributed by atoms with Crippen LogP contribution >= 0.6 is 0 Å². The predicted molar refractivity (Wildman–Crippen MR) is 92.3 cm³/mol. The minimum absolute atomic E-state index is 0.210. The summed E-state index contributed by atoms with van der Waals surface area (Å²) in [6.07, 6.45) is 2.11. The lowest BCUT2D eigenvalue weighted by molar-refractivity contribution is 0.0999. The zero-order chi connectivity index (χ0) is 18.0. The van der Waals surface area contributed by atoms with Crippen LogP contribution in [0.25, 0.3) is 11.3 Å². The molecule has 1 aliphatic heterocycles. The van der Waals surface area contributed by atoms with Gasteiger partial charge in [0.05, 0.1) is 18.9 Å². The highest BCUT2D eigenvalue weighted by Crippen LogP contribution is 2.38. The molecule has 1 amide bonds. The smallest absolute Gasteiger partial charge is 0.322 e. The van der Waals surface area contributed by atoms with Crippen LogP contribution in [0.2, 0.25) is 0 Å². The number of carbonyl (C=O) groups is 1.